The Bertz CT molecular complexity index is 220. The van der Waals surface area contributed by atoms with Gasteiger partial charge in [-0.1, -0.05) is 0 Å². The van der Waals surface area contributed by atoms with Crippen LogP contribution in [0.3, 0.4) is 0 Å². The van der Waals surface area contributed by atoms with Crippen molar-refractivity contribution in [1.82, 2.24) is 4.81 Å². The summed E-state index contributed by atoms with van der Waals surface area (Å²) < 4.78 is 4.46. The molecule has 0 bridgehead atoms. The van der Waals surface area contributed by atoms with Crippen LogP contribution in [0.15, 0.2) is 0 Å². The molecule has 1 N–H and O–H groups in total. The Balaban J connectivity index is 2.71. The van der Waals surface area contributed by atoms with Gasteiger partial charge in [0.2, 0.25) is 13.9 Å². The first-order chi connectivity index (χ1) is 5.57. The minimum absolute atomic E-state index is 0.127. The number of ether oxygens (including phenoxy) is 1. The van der Waals surface area contributed by atoms with Gasteiger partial charge in [0.05, 0.1) is 7.11 Å². The van der Waals surface area contributed by atoms with Crippen LogP contribution in [0.4, 0.5) is 0 Å². The predicted octanol–water partition coefficient (Wildman–Crippen LogP) is -2.33. The van der Waals surface area contributed by atoms with Crippen molar-refractivity contribution in [2.75, 3.05) is 7.11 Å². The first kappa shape index (κ1) is 9.06. The maximum Gasteiger partial charge on any atom is 0.327 e. The van der Waals surface area contributed by atoms with Crippen molar-refractivity contribution in [3.63, 3.8) is 0 Å². The molecule has 1 saturated heterocycles. The average Bonchev–Trinajstić information content (AvgIpc) is 2.32. The van der Waals surface area contributed by atoms with Crippen molar-refractivity contribution >= 4 is 19.9 Å². The summed E-state index contributed by atoms with van der Waals surface area (Å²) in [4.78, 5) is 23.2. The fourth-order valence-electron chi connectivity index (χ4n) is 1.25. The van der Waals surface area contributed by atoms with Gasteiger partial charge >= 0.3 is 5.97 Å². The van der Waals surface area contributed by atoms with Crippen LogP contribution in [-0.2, 0) is 14.3 Å². The quantitative estimate of drug-likeness (QED) is 0.355. The highest BCUT2D eigenvalue weighted by molar-refractivity contribution is 6.18. The number of amides is 1. The number of nitrogens with zero attached hydrogens (tertiary/aromatic N) is 1. The molecular weight excluding hydrogens is 161 g/mol. The van der Waals surface area contributed by atoms with Crippen LogP contribution in [0, 0.1) is 0 Å². The van der Waals surface area contributed by atoms with E-state index >= 15 is 0 Å². The third-order valence-corrected chi connectivity index (χ3v) is 2.02. The number of carbonyl (C=O) groups excluding carboxylic acids is 2. The Morgan fingerprint density at radius 3 is 2.75 bits per heavy atom. The van der Waals surface area contributed by atoms with Crippen LogP contribution >= 0.6 is 0 Å². The van der Waals surface area contributed by atoms with Crippen molar-refractivity contribution in [3.05, 3.63) is 0 Å². The van der Waals surface area contributed by atoms with E-state index in [1.54, 1.807) is 0 Å². The zero-order valence-corrected chi connectivity index (χ0v) is 6.98. The SMILES string of the molecule is BN1C(=O)C(O)CC1C(=O)OC. The molecule has 66 valence electrons. The van der Waals surface area contributed by atoms with E-state index in [2.05, 4.69) is 4.74 Å². The maximum absolute atomic E-state index is 11.0. The lowest BCUT2D eigenvalue weighted by atomic mass is 10.2. The highest BCUT2D eigenvalue weighted by Crippen LogP contribution is 2.17. The van der Waals surface area contributed by atoms with Crippen molar-refractivity contribution in [2.24, 2.45) is 0 Å². The molecule has 2 atom stereocenters. The van der Waals surface area contributed by atoms with Crippen LogP contribution in [0.25, 0.3) is 0 Å². The minimum Gasteiger partial charge on any atom is -0.468 e. The molecule has 2 unspecified atom stereocenters. The van der Waals surface area contributed by atoms with Gasteiger partial charge in [0, 0.05) is 6.42 Å². The topological polar surface area (TPSA) is 66.8 Å². The second-order valence-electron chi connectivity index (χ2n) is 2.74. The minimum atomic E-state index is -1.06. The van der Waals surface area contributed by atoms with E-state index < -0.39 is 24.0 Å². The van der Waals surface area contributed by atoms with Gasteiger partial charge in [-0.25, -0.2) is 4.79 Å². The van der Waals surface area contributed by atoms with Gasteiger partial charge in [0.15, 0.2) is 0 Å². The maximum atomic E-state index is 11.0. The van der Waals surface area contributed by atoms with Crippen LogP contribution < -0.4 is 0 Å². The third-order valence-electron chi connectivity index (χ3n) is 2.02. The molecule has 0 aromatic heterocycles. The summed E-state index contributed by atoms with van der Waals surface area (Å²) in [5, 5.41) is 9.08. The van der Waals surface area contributed by atoms with E-state index in [1.165, 1.54) is 19.9 Å². The normalized spacial score (nSPS) is 29.2. The lowest BCUT2D eigenvalue weighted by Crippen LogP contribution is -2.37. The Labute approximate surface area is 70.7 Å². The van der Waals surface area contributed by atoms with E-state index in [1.807, 2.05) is 0 Å². The van der Waals surface area contributed by atoms with Gasteiger partial charge in [-0.15, -0.1) is 0 Å². The Morgan fingerprint density at radius 1 is 1.83 bits per heavy atom. The molecule has 0 aromatic rings. The molecule has 5 nitrogen and oxygen atoms in total. The van der Waals surface area contributed by atoms with Crippen molar-refractivity contribution in [3.8, 4) is 0 Å². The summed E-state index contributed by atoms with van der Waals surface area (Å²) in [6.45, 7) is 0. The summed E-state index contributed by atoms with van der Waals surface area (Å²) >= 11 is 0. The molecule has 1 amide bonds. The zero-order chi connectivity index (χ0) is 9.30. The number of aliphatic hydroxyl groups is 1. The number of esters is 1. The van der Waals surface area contributed by atoms with Crippen LogP contribution in [-0.4, -0.2) is 49.0 Å². The fraction of sp³-hybridized carbons (Fsp3) is 0.667. The second kappa shape index (κ2) is 3.14. The molecule has 0 saturated carbocycles. The monoisotopic (exact) mass is 171 g/mol. The van der Waals surface area contributed by atoms with E-state index in [0.717, 1.165) is 0 Å². The third kappa shape index (κ3) is 1.29. The van der Waals surface area contributed by atoms with Gasteiger partial charge in [-0.3, -0.25) is 4.79 Å². The molecule has 1 aliphatic rings. The van der Waals surface area contributed by atoms with Crippen molar-refractivity contribution < 1.29 is 19.4 Å². The molecule has 0 spiro atoms. The molecule has 0 aliphatic carbocycles. The summed E-state index contributed by atoms with van der Waals surface area (Å²) in [6.07, 6.45) is -0.929. The first-order valence-electron chi connectivity index (χ1n) is 3.60. The number of hydrogen-bond donors (Lipinski definition) is 1. The molecule has 1 aliphatic heterocycles. The largest absolute Gasteiger partial charge is 0.468 e. The lowest BCUT2D eigenvalue weighted by Gasteiger charge is -2.16. The zero-order valence-electron chi connectivity index (χ0n) is 6.98. The Morgan fingerprint density at radius 2 is 2.42 bits per heavy atom. The van der Waals surface area contributed by atoms with Crippen molar-refractivity contribution in [2.45, 2.75) is 18.6 Å². The van der Waals surface area contributed by atoms with E-state index in [-0.39, 0.29) is 6.42 Å². The molecule has 1 fully saturated rings. The molecule has 1 rings (SSSR count). The number of rotatable bonds is 1. The second-order valence-corrected chi connectivity index (χ2v) is 2.74. The van der Waals surface area contributed by atoms with Crippen LogP contribution in [0.1, 0.15) is 6.42 Å². The first-order valence-corrected chi connectivity index (χ1v) is 3.60. The molecular formula is C6H10BNO4. The molecule has 0 radical (unpaired) electrons. The van der Waals surface area contributed by atoms with Gasteiger partial charge in [-0.2, -0.15) is 0 Å². The smallest absolute Gasteiger partial charge is 0.327 e. The standard InChI is InChI=1S/C6H10BNO4/c1-12-6(11)3-2-4(9)5(10)8(3)7/h3-4,9H,2,7H2,1H3. The molecule has 6 heteroatoms. The summed E-state index contributed by atoms with van der Waals surface area (Å²) in [5.74, 6) is -0.909. The van der Waals surface area contributed by atoms with E-state index in [0.29, 0.717) is 0 Å². The highest BCUT2D eigenvalue weighted by atomic mass is 16.5. The Hall–Kier alpha value is -1.04. The lowest BCUT2D eigenvalue weighted by molar-refractivity contribution is -0.146. The van der Waals surface area contributed by atoms with Gasteiger partial charge in [0.1, 0.15) is 12.1 Å². The van der Waals surface area contributed by atoms with E-state index in [4.69, 9.17) is 5.11 Å². The molecule has 0 aromatic carbocycles. The Kier molecular flexibility index (Phi) is 2.37. The highest BCUT2D eigenvalue weighted by Gasteiger charge is 2.39. The fourth-order valence-corrected chi connectivity index (χ4v) is 1.25. The van der Waals surface area contributed by atoms with E-state index in [9.17, 15) is 9.59 Å². The number of methoxy groups -OCH3 is 1. The number of aliphatic hydroxyl groups excluding tert-OH is 1. The summed E-state index contributed by atoms with van der Waals surface area (Å²) in [6, 6.07) is -0.627. The number of carbonyl (C=O) groups is 2. The van der Waals surface area contributed by atoms with Gasteiger partial charge in [0.25, 0.3) is 0 Å². The van der Waals surface area contributed by atoms with Gasteiger partial charge in [-0.05, 0) is 0 Å². The van der Waals surface area contributed by atoms with Gasteiger partial charge < -0.3 is 14.7 Å². The number of hydrogen-bond acceptors (Lipinski definition) is 4. The summed E-state index contributed by atoms with van der Waals surface area (Å²) in [7, 11) is 2.73. The molecule has 1 heterocycles. The average molecular weight is 171 g/mol. The van der Waals surface area contributed by atoms with Crippen LogP contribution in [0.5, 0.6) is 0 Å². The summed E-state index contributed by atoms with van der Waals surface area (Å²) in [5.41, 5.74) is 0. The van der Waals surface area contributed by atoms with Crippen molar-refractivity contribution in [1.29, 1.82) is 0 Å². The van der Waals surface area contributed by atoms with Crippen LogP contribution in [0.2, 0.25) is 0 Å². The predicted molar refractivity (Wildman–Crippen MR) is 41.8 cm³/mol. The molecule has 12 heavy (non-hydrogen) atoms.